The van der Waals surface area contributed by atoms with Crippen LogP contribution in [0.4, 0.5) is 0 Å². The molecule has 1 aliphatic carbocycles. The van der Waals surface area contributed by atoms with Crippen LogP contribution >= 0.6 is 0 Å². The normalized spacial score (nSPS) is 27.1. The summed E-state index contributed by atoms with van der Waals surface area (Å²) in [4.78, 5) is 14.2. The molecule has 1 heterocycles. The Kier molecular flexibility index (Phi) is 6.49. The fourth-order valence-corrected chi connectivity index (χ4v) is 3.84. The molecule has 2 rings (SSSR count). The van der Waals surface area contributed by atoms with Gasteiger partial charge in [-0.2, -0.15) is 0 Å². The number of hydrogen-bond donors (Lipinski definition) is 1. The number of allylic oxidation sites excluding steroid dienone is 1. The summed E-state index contributed by atoms with van der Waals surface area (Å²) in [5.74, 6) is 2.30. The second kappa shape index (κ2) is 8.14. The standard InChI is InChI=1S/C19H34N2O/c1-14(2)12-19(22)21-10-8-17(9-11-21)20-13-18-15(3)6-5-7-16(18)4/h6,14,16-18,20H,5,7-13H2,1-4H3. The second-order valence-corrected chi connectivity index (χ2v) is 7.77. The molecule has 2 aliphatic rings. The van der Waals surface area contributed by atoms with Gasteiger partial charge in [-0.25, -0.2) is 0 Å². The number of hydrogen-bond acceptors (Lipinski definition) is 2. The lowest BCUT2D eigenvalue weighted by molar-refractivity contribution is -0.133. The van der Waals surface area contributed by atoms with Crippen LogP contribution in [0.1, 0.15) is 59.8 Å². The van der Waals surface area contributed by atoms with Gasteiger partial charge in [-0.15, -0.1) is 0 Å². The van der Waals surface area contributed by atoms with E-state index in [1.807, 2.05) is 0 Å². The van der Waals surface area contributed by atoms with Gasteiger partial charge in [0.25, 0.3) is 0 Å². The number of amides is 1. The highest BCUT2D eigenvalue weighted by Gasteiger charge is 2.26. The molecule has 2 atom stereocenters. The molecule has 1 aliphatic heterocycles. The Bertz CT molecular complexity index is 394. The number of carbonyl (C=O) groups is 1. The summed E-state index contributed by atoms with van der Waals surface area (Å²) >= 11 is 0. The number of rotatable bonds is 5. The maximum absolute atomic E-state index is 12.1. The van der Waals surface area contributed by atoms with E-state index < -0.39 is 0 Å². The van der Waals surface area contributed by atoms with Gasteiger partial charge in [0.1, 0.15) is 0 Å². The van der Waals surface area contributed by atoms with Gasteiger partial charge < -0.3 is 10.2 Å². The highest BCUT2D eigenvalue weighted by Crippen LogP contribution is 2.29. The zero-order chi connectivity index (χ0) is 16.1. The van der Waals surface area contributed by atoms with Crippen LogP contribution in [0.2, 0.25) is 0 Å². The van der Waals surface area contributed by atoms with E-state index in [4.69, 9.17) is 0 Å². The Hall–Kier alpha value is -0.830. The number of likely N-dealkylation sites (tertiary alicyclic amines) is 1. The molecule has 1 fully saturated rings. The summed E-state index contributed by atoms with van der Waals surface area (Å²) in [6, 6.07) is 0.588. The number of carbonyl (C=O) groups excluding carboxylic acids is 1. The van der Waals surface area contributed by atoms with E-state index in [9.17, 15) is 4.79 Å². The first kappa shape index (κ1) is 17.5. The molecule has 126 valence electrons. The summed E-state index contributed by atoms with van der Waals surface area (Å²) in [6.45, 7) is 11.9. The van der Waals surface area contributed by atoms with Gasteiger partial charge >= 0.3 is 0 Å². The first-order valence-electron chi connectivity index (χ1n) is 9.15. The molecular weight excluding hydrogens is 272 g/mol. The van der Waals surface area contributed by atoms with Crippen LogP contribution < -0.4 is 5.32 Å². The Morgan fingerprint density at radius 1 is 1.32 bits per heavy atom. The van der Waals surface area contributed by atoms with E-state index in [2.05, 4.69) is 44.0 Å². The number of piperidine rings is 1. The van der Waals surface area contributed by atoms with E-state index in [-0.39, 0.29) is 0 Å². The molecule has 1 saturated heterocycles. The van der Waals surface area contributed by atoms with Crippen molar-refractivity contribution in [2.24, 2.45) is 17.8 Å². The molecule has 22 heavy (non-hydrogen) atoms. The maximum Gasteiger partial charge on any atom is 0.222 e. The van der Waals surface area contributed by atoms with Crippen LogP contribution in [0.25, 0.3) is 0 Å². The minimum absolute atomic E-state index is 0.341. The molecule has 0 radical (unpaired) electrons. The quantitative estimate of drug-likeness (QED) is 0.787. The molecule has 2 unspecified atom stereocenters. The Balaban J connectivity index is 1.72. The van der Waals surface area contributed by atoms with Crippen molar-refractivity contribution in [2.75, 3.05) is 19.6 Å². The van der Waals surface area contributed by atoms with Crippen LogP contribution in [-0.2, 0) is 4.79 Å². The van der Waals surface area contributed by atoms with Gasteiger partial charge in [0, 0.05) is 32.1 Å². The van der Waals surface area contributed by atoms with E-state index in [0.29, 0.717) is 30.2 Å². The molecule has 0 aromatic heterocycles. The molecule has 0 aromatic carbocycles. The van der Waals surface area contributed by atoms with Crippen molar-refractivity contribution in [3.63, 3.8) is 0 Å². The van der Waals surface area contributed by atoms with Crippen LogP contribution in [-0.4, -0.2) is 36.5 Å². The minimum Gasteiger partial charge on any atom is -0.343 e. The maximum atomic E-state index is 12.1. The van der Waals surface area contributed by atoms with Gasteiger partial charge in [-0.1, -0.05) is 32.4 Å². The Morgan fingerprint density at radius 3 is 2.59 bits per heavy atom. The van der Waals surface area contributed by atoms with Crippen LogP contribution in [0.5, 0.6) is 0 Å². The van der Waals surface area contributed by atoms with Gasteiger partial charge in [0.05, 0.1) is 0 Å². The SMILES string of the molecule is CC1=CCCC(C)C1CNC1CCN(C(=O)CC(C)C)CC1. The van der Waals surface area contributed by atoms with E-state index >= 15 is 0 Å². The molecule has 1 amide bonds. The largest absolute Gasteiger partial charge is 0.343 e. The third-order valence-electron chi connectivity index (χ3n) is 5.42. The summed E-state index contributed by atoms with van der Waals surface area (Å²) in [7, 11) is 0. The van der Waals surface area contributed by atoms with Crippen LogP contribution in [0, 0.1) is 17.8 Å². The van der Waals surface area contributed by atoms with E-state index in [0.717, 1.165) is 38.4 Å². The topological polar surface area (TPSA) is 32.3 Å². The van der Waals surface area contributed by atoms with Crippen molar-refractivity contribution < 1.29 is 4.79 Å². The summed E-state index contributed by atoms with van der Waals surface area (Å²) in [5.41, 5.74) is 1.57. The van der Waals surface area contributed by atoms with E-state index in [1.54, 1.807) is 5.57 Å². The molecule has 0 spiro atoms. The number of nitrogens with zero attached hydrogens (tertiary/aromatic N) is 1. The average molecular weight is 306 g/mol. The summed E-state index contributed by atoms with van der Waals surface area (Å²) in [5, 5.41) is 3.77. The van der Waals surface area contributed by atoms with Crippen molar-refractivity contribution in [3.8, 4) is 0 Å². The summed E-state index contributed by atoms with van der Waals surface area (Å²) in [6.07, 6.45) is 7.90. The molecule has 0 bridgehead atoms. The van der Waals surface area contributed by atoms with Gasteiger partial charge in [0.15, 0.2) is 0 Å². The smallest absolute Gasteiger partial charge is 0.222 e. The van der Waals surface area contributed by atoms with Crippen molar-refractivity contribution in [1.82, 2.24) is 10.2 Å². The third-order valence-corrected chi connectivity index (χ3v) is 5.42. The predicted molar refractivity (Wildman–Crippen MR) is 92.7 cm³/mol. The molecule has 0 saturated carbocycles. The number of nitrogens with one attached hydrogen (secondary N) is 1. The highest BCUT2D eigenvalue weighted by atomic mass is 16.2. The Labute approximate surface area is 136 Å². The first-order chi connectivity index (χ1) is 10.5. The lowest BCUT2D eigenvalue weighted by Gasteiger charge is -2.35. The van der Waals surface area contributed by atoms with Crippen molar-refractivity contribution in [2.45, 2.75) is 65.8 Å². The molecule has 1 N–H and O–H groups in total. The minimum atomic E-state index is 0.341. The lowest BCUT2D eigenvalue weighted by atomic mass is 9.80. The average Bonchev–Trinajstić information content (AvgIpc) is 2.46. The fourth-order valence-electron chi connectivity index (χ4n) is 3.84. The zero-order valence-electron chi connectivity index (χ0n) is 14.9. The monoisotopic (exact) mass is 306 g/mol. The highest BCUT2D eigenvalue weighted by molar-refractivity contribution is 5.76. The first-order valence-corrected chi connectivity index (χ1v) is 9.15. The van der Waals surface area contributed by atoms with Gasteiger partial charge in [-0.05, 0) is 50.4 Å². The van der Waals surface area contributed by atoms with Crippen molar-refractivity contribution in [3.05, 3.63) is 11.6 Å². The molecule has 3 nitrogen and oxygen atoms in total. The zero-order valence-corrected chi connectivity index (χ0v) is 14.9. The van der Waals surface area contributed by atoms with E-state index in [1.165, 1.54) is 12.8 Å². The van der Waals surface area contributed by atoms with Crippen molar-refractivity contribution >= 4 is 5.91 Å². The van der Waals surface area contributed by atoms with Crippen LogP contribution in [0.15, 0.2) is 11.6 Å². The fraction of sp³-hybridized carbons (Fsp3) is 0.842. The Morgan fingerprint density at radius 2 is 2.00 bits per heavy atom. The molecular formula is C19H34N2O. The van der Waals surface area contributed by atoms with Crippen LogP contribution in [0.3, 0.4) is 0 Å². The molecule has 0 aromatic rings. The van der Waals surface area contributed by atoms with Gasteiger partial charge in [0.2, 0.25) is 5.91 Å². The third kappa shape index (κ3) is 4.84. The molecule has 3 heteroatoms. The van der Waals surface area contributed by atoms with Crippen molar-refractivity contribution in [1.29, 1.82) is 0 Å². The summed E-state index contributed by atoms with van der Waals surface area (Å²) < 4.78 is 0. The lowest BCUT2D eigenvalue weighted by Crippen LogP contribution is -2.46. The van der Waals surface area contributed by atoms with Gasteiger partial charge in [-0.3, -0.25) is 4.79 Å². The second-order valence-electron chi connectivity index (χ2n) is 7.77. The predicted octanol–water partition coefficient (Wildman–Crippen LogP) is 3.61.